The number of aryl methyl sites for hydroxylation is 2. The van der Waals surface area contributed by atoms with Gasteiger partial charge in [0.25, 0.3) is 0 Å². The van der Waals surface area contributed by atoms with Crippen LogP contribution in [-0.2, 0) is 0 Å². The molecule has 8 nitrogen and oxygen atoms in total. The number of piperidine rings is 1. The van der Waals surface area contributed by atoms with Gasteiger partial charge in [0.05, 0.1) is 12.1 Å². The summed E-state index contributed by atoms with van der Waals surface area (Å²) in [5.74, 6) is 2.87. The minimum Gasteiger partial charge on any atom is -0.352 e. The molecule has 2 unspecified atom stereocenters. The summed E-state index contributed by atoms with van der Waals surface area (Å²) in [4.78, 5) is 13.8. The molecule has 2 bridgehead atoms. The van der Waals surface area contributed by atoms with E-state index in [1.165, 1.54) is 6.42 Å². The molecule has 3 aromatic rings. The lowest BCUT2D eigenvalue weighted by Gasteiger charge is -2.57. The standard InChI is InChI=1S/C16H18N8/c1-10-5-16(19-11(2)18-10)22-7-12-6-13(8-22)24(12)15-4-3-14-20-17-9-23(14)21-15/h3-5,9,12-13H,6-8H2,1-2H3. The van der Waals surface area contributed by atoms with E-state index in [0.717, 1.165) is 41.9 Å². The zero-order chi connectivity index (χ0) is 16.3. The number of hydrogen-bond acceptors (Lipinski definition) is 7. The van der Waals surface area contributed by atoms with Gasteiger partial charge in [-0.15, -0.1) is 15.3 Å². The molecule has 3 fully saturated rings. The van der Waals surface area contributed by atoms with Crippen molar-refractivity contribution in [3.63, 3.8) is 0 Å². The highest BCUT2D eigenvalue weighted by molar-refractivity contribution is 5.53. The number of hydrogen-bond donors (Lipinski definition) is 0. The summed E-state index contributed by atoms with van der Waals surface area (Å²) >= 11 is 0. The van der Waals surface area contributed by atoms with E-state index in [0.29, 0.717) is 12.1 Å². The van der Waals surface area contributed by atoms with Gasteiger partial charge in [0.1, 0.15) is 23.8 Å². The van der Waals surface area contributed by atoms with Crippen molar-refractivity contribution in [2.45, 2.75) is 32.4 Å². The number of aromatic nitrogens is 6. The van der Waals surface area contributed by atoms with Crippen molar-refractivity contribution in [1.82, 2.24) is 29.8 Å². The topological polar surface area (TPSA) is 75.3 Å². The molecule has 3 saturated heterocycles. The summed E-state index contributed by atoms with van der Waals surface area (Å²) in [6.07, 6.45) is 2.86. The van der Waals surface area contributed by atoms with E-state index in [1.54, 1.807) is 10.8 Å². The van der Waals surface area contributed by atoms with Crippen LogP contribution in [0.4, 0.5) is 11.6 Å². The summed E-state index contributed by atoms with van der Waals surface area (Å²) in [5, 5.41) is 12.5. The van der Waals surface area contributed by atoms with E-state index < -0.39 is 0 Å². The average Bonchev–Trinajstić information content (AvgIpc) is 3.02. The fraction of sp³-hybridized carbons (Fsp3) is 0.438. The van der Waals surface area contributed by atoms with Crippen molar-refractivity contribution in [2.75, 3.05) is 22.9 Å². The highest BCUT2D eigenvalue weighted by Crippen LogP contribution is 2.37. The van der Waals surface area contributed by atoms with Crippen LogP contribution in [-0.4, -0.2) is 55.0 Å². The first-order valence-corrected chi connectivity index (χ1v) is 8.20. The van der Waals surface area contributed by atoms with Gasteiger partial charge in [0.2, 0.25) is 0 Å². The Bertz CT molecular complexity index is 887. The van der Waals surface area contributed by atoms with Crippen molar-refractivity contribution >= 4 is 17.3 Å². The largest absolute Gasteiger partial charge is 0.352 e. The molecule has 2 atom stereocenters. The van der Waals surface area contributed by atoms with E-state index in [9.17, 15) is 0 Å². The van der Waals surface area contributed by atoms with E-state index in [-0.39, 0.29) is 0 Å². The van der Waals surface area contributed by atoms with Crippen LogP contribution in [0.25, 0.3) is 5.65 Å². The summed E-state index contributed by atoms with van der Waals surface area (Å²) in [5.41, 5.74) is 1.80. The molecule has 6 heterocycles. The number of rotatable bonds is 2. The molecule has 0 radical (unpaired) electrons. The predicted octanol–water partition coefficient (Wildman–Crippen LogP) is 0.999. The molecule has 24 heavy (non-hydrogen) atoms. The Morgan fingerprint density at radius 2 is 1.88 bits per heavy atom. The zero-order valence-electron chi connectivity index (χ0n) is 13.7. The Morgan fingerprint density at radius 1 is 1.04 bits per heavy atom. The summed E-state index contributed by atoms with van der Waals surface area (Å²) in [6.45, 7) is 5.90. The molecule has 0 aliphatic carbocycles. The highest BCUT2D eigenvalue weighted by atomic mass is 15.4. The van der Waals surface area contributed by atoms with Crippen LogP contribution in [0.15, 0.2) is 24.5 Å². The molecule has 0 aromatic carbocycles. The first-order chi connectivity index (χ1) is 11.7. The minimum absolute atomic E-state index is 0.473. The maximum atomic E-state index is 4.64. The van der Waals surface area contributed by atoms with Crippen LogP contribution < -0.4 is 9.80 Å². The Labute approximate surface area is 139 Å². The number of anilines is 2. The fourth-order valence-corrected chi connectivity index (χ4v) is 3.89. The lowest BCUT2D eigenvalue weighted by atomic mass is 9.87. The van der Waals surface area contributed by atoms with Crippen molar-refractivity contribution in [3.8, 4) is 0 Å². The van der Waals surface area contributed by atoms with Crippen LogP contribution in [0, 0.1) is 13.8 Å². The van der Waals surface area contributed by atoms with Crippen molar-refractivity contribution in [2.24, 2.45) is 0 Å². The summed E-state index contributed by atoms with van der Waals surface area (Å²) < 4.78 is 1.73. The maximum absolute atomic E-state index is 4.64. The molecule has 8 heteroatoms. The van der Waals surface area contributed by atoms with Gasteiger partial charge >= 0.3 is 0 Å². The van der Waals surface area contributed by atoms with Crippen LogP contribution in [0.2, 0.25) is 0 Å². The molecule has 0 N–H and O–H groups in total. The normalized spacial score (nSPS) is 22.8. The van der Waals surface area contributed by atoms with Crippen molar-refractivity contribution in [3.05, 3.63) is 36.0 Å². The molecule has 0 spiro atoms. The van der Waals surface area contributed by atoms with Gasteiger partial charge in [-0.2, -0.15) is 4.52 Å². The van der Waals surface area contributed by atoms with Crippen molar-refractivity contribution in [1.29, 1.82) is 0 Å². The van der Waals surface area contributed by atoms with Gasteiger partial charge in [0.15, 0.2) is 5.65 Å². The van der Waals surface area contributed by atoms with Gasteiger partial charge in [-0.25, -0.2) is 9.97 Å². The van der Waals surface area contributed by atoms with Crippen LogP contribution in [0.5, 0.6) is 0 Å². The third-order valence-corrected chi connectivity index (χ3v) is 4.88. The van der Waals surface area contributed by atoms with Crippen LogP contribution >= 0.6 is 0 Å². The molecule has 6 rings (SSSR count). The predicted molar refractivity (Wildman–Crippen MR) is 89.2 cm³/mol. The quantitative estimate of drug-likeness (QED) is 0.696. The molecule has 3 aliphatic rings. The minimum atomic E-state index is 0.473. The third kappa shape index (κ3) is 2.02. The lowest BCUT2D eigenvalue weighted by Crippen LogP contribution is -2.69. The van der Waals surface area contributed by atoms with E-state index in [4.69, 9.17) is 0 Å². The Hall–Kier alpha value is -2.77. The summed E-state index contributed by atoms with van der Waals surface area (Å²) in [6, 6.07) is 7.03. The zero-order valence-corrected chi connectivity index (χ0v) is 13.7. The Morgan fingerprint density at radius 3 is 2.67 bits per heavy atom. The molecule has 0 saturated carbocycles. The Balaban J connectivity index is 1.40. The van der Waals surface area contributed by atoms with Crippen LogP contribution in [0.1, 0.15) is 17.9 Å². The molecule has 0 amide bonds. The molecule has 3 aliphatic heterocycles. The molecular weight excluding hydrogens is 304 g/mol. The molecule has 3 aromatic heterocycles. The van der Waals surface area contributed by atoms with Gasteiger partial charge < -0.3 is 9.80 Å². The third-order valence-electron chi connectivity index (χ3n) is 4.88. The number of nitrogens with zero attached hydrogens (tertiary/aromatic N) is 8. The lowest BCUT2D eigenvalue weighted by molar-refractivity contribution is 0.287. The van der Waals surface area contributed by atoms with E-state index >= 15 is 0 Å². The number of fused-ring (bicyclic) bond motifs is 3. The maximum Gasteiger partial charge on any atom is 0.177 e. The smallest absolute Gasteiger partial charge is 0.177 e. The monoisotopic (exact) mass is 322 g/mol. The second-order valence-electron chi connectivity index (χ2n) is 6.60. The highest BCUT2D eigenvalue weighted by Gasteiger charge is 2.45. The number of piperazine rings is 1. The Kier molecular flexibility index (Phi) is 2.76. The van der Waals surface area contributed by atoms with Crippen molar-refractivity contribution < 1.29 is 0 Å². The SMILES string of the molecule is Cc1cc(N2CC3CC(C2)N3c2ccc3nncn3n2)nc(C)n1. The summed E-state index contributed by atoms with van der Waals surface area (Å²) in [7, 11) is 0. The van der Waals surface area contributed by atoms with Gasteiger partial charge in [-0.3, -0.25) is 0 Å². The van der Waals surface area contributed by atoms with Gasteiger partial charge in [-0.05, 0) is 32.4 Å². The second kappa shape index (κ2) is 4.86. The molecular formula is C16H18N8. The molecule has 122 valence electrons. The first-order valence-electron chi connectivity index (χ1n) is 8.20. The van der Waals surface area contributed by atoms with Gasteiger partial charge in [0, 0.05) is 24.8 Å². The first kappa shape index (κ1) is 13.6. The second-order valence-corrected chi connectivity index (χ2v) is 6.60. The average molecular weight is 322 g/mol. The fourth-order valence-electron chi connectivity index (χ4n) is 3.89. The van der Waals surface area contributed by atoms with E-state index in [2.05, 4.69) is 41.1 Å². The van der Waals surface area contributed by atoms with Gasteiger partial charge in [-0.1, -0.05) is 0 Å². The van der Waals surface area contributed by atoms with E-state index in [1.807, 2.05) is 26.0 Å². The van der Waals surface area contributed by atoms with Crippen LogP contribution in [0.3, 0.4) is 0 Å².